The zero-order valence-corrected chi connectivity index (χ0v) is 31.8. The van der Waals surface area contributed by atoms with Crippen molar-refractivity contribution in [1.82, 2.24) is 0 Å². The Labute approximate surface area is 307 Å². The number of aryl methyl sites for hydroxylation is 3. The average Bonchev–Trinajstić information content (AvgIpc) is 3.62. The molecule has 52 heavy (non-hydrogen) atoms. The normalized spacial score (nSPS) is 25.1. The van der Waals surface area contributed by atoms with Gasteiger partial charge in [0.15, 0.2) is 17.9 Å². The monoisotopic (exact) mass is 682 g/mol. The van der Waals surface area contributed by atoms with E-state index < -0.39 is 16.4 Å². The molecule has 3 atom stereocenters. The molecule has 0 N–H and O–H groups in total. The number of nitrogens with zero attached hydrogens (tertiary/aromatic N) is 2. The molecule has 4 aliphatic rings. The summed E-state index contributed by atoms with van der Waals surface area (Å²) in [6.45, 7) is 27.7. The zero-order valence-electron chi connectivity index (χ0n) is 31.8. The Morgan fingerprint density at radius 2 is 1.46 bits per heavy atom. The Morgan fingerprint density at radius 1 is 0.731 bits per heavy atom. The molecule has 2 nitrogen and oxygen atoms in total. The molecule has 2 aliphatic carbocycles. The predicted octanol–water partition coefficient (Wildman–Crippen LogP) is 10.8. The molecule has 0 spiro atoms. The molecule has 0 amide bonds. The van der Waals surface area contributed by atoms with Gasteiger partial charge in [-0.25, -0.2) is 4.39 Å². The summed E-state index contributed by atoms with van der Waals surface area (Å²) in [4.78, 5) is 0. The number of fused-ring (bicyclic) bond motifs is 8. The summed E-state index contributed by atoms with van der Waals surface area (Å²) in [7, 11) is 0. The number of halogens is 1. The van der Waals surface area contributed by atoms with Crippen LogP contribution in [-0.4, -0.2) is 0 Å². The van der Waals surface area contributed by atoms with E-state index in [1.807, 2.05) is 0 Å². The number of allylic oxidation sites excluding steroid dienone is 2. The topological polar surface area (TPSA) is 7.76 Å². The molecule has 3 heteroatoms. The minimum absolute atomic E-state index is 0.128. The summed E-state index contributed by atoms with van der Waals surface area (Å²) in [6, 6.07) is 26.5. The van der Waals surface area contributed by atoms with Gasteiger partial charge in [0.05, 0.1) is 27.3 Å². The standard InChI is InChI=1S/C49H47FN2/c1-11-48(46(8,9)36-20-21-38(50)43-42(36)44-41-33(22-25-51(44)48)28(2)16-18-35(41)45(43,6)7)23-24-49-31(5)47(49,10)52-27-30(4)29(3)26-39(52)40-34-15-13-12-14-32(34)17-19-37(40)49/h11-22,25-27H,1,5,23-24H2,2-4,6-10H3/q+2. The second-order valence-corrected chi connectivity index (χ2v) is 17.5. The van der Waals surface area contributed by atoms with Gasteiger partial charge in [-0.2, -0.15) is 9.13 Å². The van der Waals surface area contributed by atoms with Gasteiger partial charge in [0.2, 0.25) is 16.9 Å². The minimum Gasteiger partial charge on any atom is -0.207 e. The molecule has 10 rings (SSSR count). The van der Waals surface area contributed by atoms with Gasteiger partial charge in [0, 0.05) is 47.6 Å². The van der Waals surface area contributed by atoms with E-state index in [1.165, 1.54) is 71.8 Å². The number of hydrogen-bond donors (Lipinski definition) is 0. The van der Waals surface area contributed by atoms with Crippen molar-refractivity contribution in [3.05, 3.63) is 155 Å². The first-order valence-corrected chi connectivity index (χ1v) is 18.9. The Morgan fingerprint density at radius 3 is 2.23 bits per heavy atom. The number of hydrogen-bond acceptors (Lipinski definition) is 0. The van der Waals surface area contributed by atoms with Crippen molar-refractivity contribution in [2.45, 2.75) is 95.6 Å². The molecule has 4 heterocycles. The van der Waals surface area contributed by atoms with Gasteiger partial charge < -0.3 is 0 Å². The lowest BCUT2D eigenvalue weighted by molar-refractivity contribution is -0.755. The van der Waals surface area contributed by atoms with Crippen LogP contribution in [0.3, 0.4) is 0 Å². The second kappa shape index (κ2) is 9.55. The average molecular weight is 683 g/mol. The highest BCUT2D eigenvalue weighted by Gasteiger charge is 2.80. The van der Waals surface area contributed by atoms with Crippen LogP contribution in [0.4, 0.5) is 4.39 Å². The summed E-state index contributed by atoms with van der Waals surface area (Å²) in [5.41, 5.74) is 12.5. The SMILES string of the molecule is C=CC1(CCC23C(=C)C2(C)[n+]2cc(C)c(C)cc2-c2c3ccc3ccccc23)[n+]2ccc3c(C)ccc4c3c2-c2c(ccc(F)c2C4(C)C)C1(C)C. The van der Waals surface area contributed by atoms with E-state index >= 15 is 4.39 Å². The molecular formula is C49H47FN2+2. The van der Waals surface area contributed by atoms with Crippen molar-refractivity contribution in [2.75, 3.05) is 0 Å². The maximum absolute atomic E-state index is 16.3. The van der Waals surface area contributed by atoms with Crippen LogP contribution in [0.5, 0.6) is 0 Å². The van der Waals surface area contributed by atoms with Gasteiger partial charge >= 0.3 is 0 Å². The number of pyridine rings is 2. The van der Waals surface area contributed by atoms with Crippen LogP contribution in [-0.2, 0) is 27.3 Å². The Balaban J connectivity index is 1.24. The highest BCUT2D eigenvalue weighted by atomic mass is 19.1. The number of benzene rings is 4. The summed E-state index contributed by atoms with van der Waals surface area (Å²) >= 11 is 0. The van der Waals surface area contributed by atoms with Crippen LogP contribution >= 0.6 is 0 Å². The highest BCUT2D eigenvalue weighted by molar-refractivity contribution is 6.03. The van der Waals surface area contributed by atoms with Gasteiger partial charge in [-0.15, -0.1) is 0 Å². The first kappa shape index (κ1) is 31.8. The third kappa shape index (κ3) is 3.26. The first-order valence-electron chi connectivity index (χ1n) is 18.9. The first-order chi connectivity index (χ1) is 24.7. The zero-order chi connectivity index (χ0) is 36.5. The fourth-order valence-electron chi connectivity index (χ4n) is 11.7. The molecule has 1 fully saturated rings. The Bertz CT molecular complexity index is 2690. The third-order valence-electron chi connectivity index (χ3n) is 15.0. The van der Waals surface area contributed by atoms with Crippen LogP contribution in [0.25, 0.3) is 44.1 Å². The van der Waals surface area contributed by atoms with Crippen LogP contribution < -0.4 is 9.13 Å². The van der Waals surface area contributed by atoms with Crippen LogP contribution in [0.2, 0.25) is 0 Å². The third-order valence-corrected chi connectivity index (χ3v) is 15.0. The molecule has 2 aliphatic heterocycles. The van der Waals surface area contributed by atoms with Gasteiger partial charge in [-0.3, -0.25) is 0 Å². The molecule has 1 saturated carbocycles. The maximum atomic E-state index is 16.3. The van der Waals surface area contributed by atoms with Gasteiger partial charge in [-0.05, 0) is 97.2 Å². The van der Waals surface area contributed by atoms with Gasteiger partial charge in [0.1, 0.15) is 5.82 Å². The molecule has 0 saturated heterocycles. The molecule has 2 aromatic heterocycles. The molecule has 0 bridgehead atoms. The van der Waals surface area contributed by atoms with Crippen molar-refractivity contribution >= 4 is 21.5 Å². The maximum Gasteiger partial charge on any atom is 0.222 e. The van der Waals surface area contributed by atoms with E-state index in [4.69, 9.17) is 6.58 Å². The van der Waals surface area contributed by atoms with E-state index in [2.05, 4.69) is 156 Å². The molecule has 258 valence electrons. The van der Waals surface area contributed by atoms with Crippen molar-refractivity contribution in [3.63, 3.8) is 0 Å². The van der Waals surface area contributed by atoms with Crippen LogP contribution in [0, 0.1) is 26.6 Å². The second-order valence-electron chi connectivity index (χ2n) is 17.5. The largest absolute Gasteiger partial charge is 0.222 e. The predicted molar refractivity (Wildman–Crippen MR) is 210 cm³/mol. The van der Waals surface area contributed by atoms with Crippen molar-refractivity contribution < 1.29 is 13.5 Å². The fourth-order valence-corrected chi connectivity index (χ4v) is 11.7. The van der Waals surface area contributed by atoms with Crippen molar-refractivity contribution in [1.29, 1.82) is 0 Å². The van der Waals surface area contributed by atoms with Crippen molar-refractivity contribution in [3.8, 4) is 22.5 Å². The molecule has 6 aromatic rings. The number of rotatable bonds is 4. The Hall–Kier alpha value is -4.89. The van der Waals surface area contributed by atoms with E-state index in [-0.39, 0.29) is 16.8 Å². The van der Waals surface area contributed by atoms with E-state index in [0.717, 1.165) is 29.7 Å². The smallest absolute Gasteiger partial charge is 0.207 e. The van der Waals surface area contributed by atoms with Crippen LogP contribution in [0.1, 0.15) is 86.4 Å². The number of aromatic nitrogens is 2. The molecule has 0 radical (unpaired) electrons. The van der Waals surface area contributed by atoms with Gasteiger partial charge in [0.25, 0.3) is 0 Å². The fraction of sp³-hybridized carbons (Fsp3) is 0.306. The lowest BCUT2D eigenvalue weighted by Gasteiger charge is -2.48. The lowest BCUT2D eigenvalue weighted by Crippen LogP contribution is -2.68. The van der Waals surface area contributed by atoms with Crippen LogP contribution in [0.15, 0.2) is 110 Å². The van der Waals surface area contributed by atoms with E-state index in [0.29, 0.717) is 0 Å². The lowest BCUT2D eigenvalue weighted by atomic mass is 9.57. The summed E-state index contributed by atoms with van der Waals surface area (Å²) in [5.74, 6) is -0.128. The molecule has 4 aromatic carbocycles. The molecule has 3 unspecified atom stereocenters. The summed E-state index contributed by atoms with van der Waals surface area (Å²) in [5, 5.41) is 5.03. The van der Waals surface area contributed by atoms with Gasteiger partial charge in [-0.1, -0.05) is 81.6 Å². The summed E-state index contributed by atoms with van der Waals surface area (Å²) < 4.78 is 21.4. The minimum atomic E-state index is -0.509. The quantitative estimate of drug-likeness (QED) is 0.129. The highest BCUT2D eigenvalue weighted by Crippen LogP contribution is 2.71. The van der Waals surface area contributed by atoms with E-state index in [1.54, 1.807) is 6.07 Å². The van der Waals surface area contributed by atoms with E-state index in [9.17, 15) is 0 Å². The Kier molecular flexibility index (Phi) is 5.84. The summed E-state index contributed by atoms with van der Waals surface area (Å²) in [6.07, 6.45) is 8.60. The van der Waals surface area contributed by atoms with Crippen molar-refractivity contribution in [2.24, 2.45) is 0 Å². The molecular weight excluding hydrogens is 636 g/mol.